The van der Waals surface area contributed by atoms with Crippen LogP contribution in [0.4, 0.5) is 4.39 Å². The molecule has 0 aliphatic rings. The normalized spacial score (nSPS) is 12.0. The lowest BCUT2D eigenvalue weighted by molar-refractivity contribution is 0.0742. The van der Waals surface area contributed by atoms with Gasteiger partial charge in [0.1, 0.15) is 5.82 Å². The van der Waals surface area contributed by atoms with Gasteiger partial charge in [0.05, 0.1) is 12.6 Å². The third-order valence-corrected chi connectivity index (χ3v) is 4.36. The van der Waals surface area contributed by atoms with Gasteiger partial charge in [-0.1, -0.05) is 24.3 Å². The van der Waals surface area contributed by atoms with E-state index in [9.17, 15) is 9.18 Å². The Bertz CT molecular complexity index is 826. The molecular weight excluding hydrogens is 317 g/mol. The number of carbonyl (C=O) groups is 1. The van der Waals surface area contributed by atoms with Crippen LogP contribution in [-0.2, 0) is 6.54 Å². The van der Waals surface area contributed by atoms with Gasteiger partial charge in [-0.3, -0.25) is 9.48 Å². The minimum Gasteiger partial charge on any atom is -0.335 e. The number of hydrogen-bond donors (Lipinski definition) is 0. The monoisotopic (exact) mass is 337 g/mol. The fraction of sp³-hybridized carbons (Fsp3) is 0.200. The molecule has 0 fully saturated rings. The van der Waals surface area contributed by atoms with E-state index in [1.54, 1.807) is 30.3 Å². The van der Waals surface area contributed by atoms with E-state index in [4.69, 9.17) is 0 Å². The van der Waals surface area contributed by atoms with Crippen LogP contribution in [0.5, 0.6) is 0 Å². The van der Waals surface area contributed by atoms with Crippen molar-refractivity contribution in [1.82, 2.24) is 14.7 Å². The van der Waals surface area contributed by atoms with Gasteiger partial charge >= 0.3 is 0 Å². The fourth-order valence-electron chi connectivity index (χ4n) is 2.68. The summed E-state index contributed by atoms with van der Waals surface area (Å²) in [5.41, 5.74) is 2.60. The lowest BCUT2D eigenvalue weighted by Gasteiger charge is -2.25. The number of nitrogens with zero attached hydrogens (tertiary/aromatic N) is 3. The molecule has 3 rings (SSSR count). The van der Waals surface area contributed by atoms with Crippen LogP contribution in [0.1, 0.15) is 34.5 Å². The maximum atomic E-state index is 13.1. The van der Waals surface area contributed by atoms with Crippen LogP contribution in [0.2, 0.25) is 0 Å². The second kappa shape index (κ2) is 7.30. The van der Waals surface area contributed by atoms with Crippen molar-refractivity contribution in [3.8, 4) is 0 Å². The highest BCUT2D eigenvalue weighted by Gasteiger charge is 2.19. The highest BCUT2D eigenvalue weighted by atomic mass is 19.1. The molecule has 0 N–H and O–H groups in total. The zero-order chi connectivity index (χ0) is 17.8. The maximum absolute atomic E-state index is 13.1. The number of hydrogen-bond acceptors (Lipinski definition) is 2. The first-order valence-electron chi connectivity index (χ1n) is 8.13. The third kappa shape index (κ3) is 3.94. The Morgan fingerprint density at radius 3 is 2.44 bits per heavy atom. The lowest BCUT2D eigenvalue weighted by atomic mass is 10.1. The molecule has 1 unspecified atom stereocenters. The molecule has 3 aromatic rings. The second-order valence-corrected chi connectivity index (χ2v) is 6.04. The summed E-state index contributed by atoms with van der Waals surface area (Å²) in [7, 11) is 1.76. The van der Waals surface area contributed by atoms with Gasteiger partial charge in [-0.25, -0.2) is 4.39 Å². The van der Waals surface area contributed by atoms with Gasteiger partial charge in [-0.05, 0) is 48.4 Å². The molecule has 2 aromatic carbocycles. The van der Waals surface area contributed by atoms with Crippen molar-refractivity contribution in [2.75, 3.05) is 7.05 Å². The van der Waals surface area contributed by atoms with Gasteiger partial charge in [-0.2, -0.15) is 5.10 Å². The average molecular weight is 337 g/mol. The molecule has 1 amide bonds. The SMILES string of the molecule is CC(c1ccc(F)cc1)N(C)C(=O)c1ccc(Cn2cccn2)cc1. The minimum atomic E-state index is -0.280. The number of carbonyl (C=O) groups excluding carboxylic acids is 1. The fourth-order valence-corrected chi connectivity index (χ4v) is 2.68. The van der Waals surface area contributed by atoms with Crippen LogP contribution in [0.3, 0.4) is 0 Å². The molecule has 1 atom stereocenters. The van der Waals surface area contributed by atoms with Crippen molar-refractivity contribution in [2.24, 2.45) is 0 Å². The third-order valence-electron chi connectivity index (χ3n) is 4.36. The number of amides is 1. The van der Waals surface area contributed by atoms with Crippen LogP contribution in [0, 0.1) is 5.82 Å². The molecular formula is C20H20FN3O. The van der Waals surface area contributed by atoms with E-state index in [0.717, 1.165) is 11.1 Å². The van der Waals surface area contributed by atoms with Crippen molar-refractivity contribution in [3.63, 3.8) is 0 Å². The van der Waals surface area contributed by atoms with E-state index >= 15 is 0 Å². The van der Waals surface area contributed by atoms with Crippen molar-refractivity contribution in [1.29, 1.82) is 0 Å². The van der Waals surface area contributed by atoms with Crippen LogP contribution in [-0.4, -0.2) is 27.6 Å². The van der Waals surface area contributed by atoms with E-state index < -0.39 is 0 Å². The van der Waals surface area contributed by atoms with E-state index in [1.165, 1.54) is 12.1 Å². The molecule has 0 radical (unpaired) electrons. The zero-order valence-electron chi connectivity index (χ0n) is 14.3. The molecule has 0 aliphatic heterocycles. The average Bonchev–Trinajstić information content (AvgIpc) is 3.14. The molecule has 4 nitrogen and oxygen atoms in total. The van der Waals surface area contributed by atoms with Crippen molar-refractivity contribution < 1.29 is 9.18 Å². The molecule has 5 heteroatoms. The first-order valence-corrected chi connectivity index (χ1v) is 8.13. The van der Waals surface area contributed by atoms with Gasteiger partial charge in [0, 0.05) is 25.0 Å². The molecule has 25 heavy (non-hydrogen) atoms. The number of aromatic nitrogens is 2. The summed E-state index contributed by atoms with van der Waals surface area (Å²) in [6, 6.07) is 15.5. The van der Waals surface area contributed by atoms with Gasteiger partial charge in [0.15, 0.2) is 0 Å². The van der Waals surface area contributed by atoms with Crippen molar-refractivity contribution >= 4 is 5.91 Å². The van der Waals surface area contributed by atoms with Crippen LogP contribution < -0.4 is 0 Å². The van der Waals surface area contributed by atoms with Gasteiger partial charge in [0.25, 0.3) is 5.91 Å². The standard InChI is InChI=1S/C20H20FN3O/c1-15(17-8-10-19(21)11-9-17)23(2)20(25)18-6-4-16(5-7-18)14-24-13-3-12-22-24/h3-13,15H,14H2,1-2H3. The van der Waals surface area contributed by atoms with Crippen LogP contribution in [0.15, 0.2) is 67.0 Å². The summed E-state index contributed by atoms with van der Waals surface area (Å²) in [6.45, 7) is 2.60. The first-order chi connectivity index (χ1) is 12.0. The summed E-state index contributed by atoms with van der Waals surface area (Å²) in [6.07, 6.45) is 3.64. The molecule has 1 heterocycles. The number of rotatable bonds is 5. The summed E-state index contributed by atoms with van der Waals surface area (Å²) in [5, 5.41) is 4.18. The van der Waals surface area contributed by atoms with Crippen molar-refractivity contribution in [3.05, 3.63) is 89.5 Å². The maximum Gasteiger partial charge on any atom is 0.254 e. The molecule has 0 bridgehead atoms. The quantitative estimate of drug-likeness (QED) is 0.708. The second-order valence-electron chi connectivity index (χ2n) is 6.04. The highest BCUT2D eigenvalue weighted by molar-refractivity contribution is 5.94. The Morgan fingerprint density at radius 2 is 1.84 bits per heavy atom. The van der Waals surface area contributed by atoms with E-state index in [-0.39, 0.29) is 17.8 Å². The van der Waals surface area contributed by atoms with Crippen molar-refractivity contribution in [2.45, 2.75) is 19.5 Å². The van der Waals surface area contributed by atoms with E-state index in [1.807, 2.05) is 48.1 Å². The summed E-state index contributed by atoms with van der Waals surface area (Å²) < 4.78 is 14.9. The Labute approximate surface area is 146 Å². The molecule has 0 spiro atoms. The molecule has 0 saturated heterocycles. The first kappa shape index (κ1) is 16.9. The molecule has 0 saturated carbocycles. The largest absolute Gasteiger partial charge is 0.335 e. The molecule has 0 aliphatic carbocycles. The topological polar surface area (TPSA) is 38.1 Å². The predicted octanol–water partition coefficient (Wildman–Crippen LogP) is 3.90. The molecule has 128 valence electrons. The van der Waals surface area contributed by atoms with Gasteiger partial charge < -0.3 is 4.90 Å². The van der Waals surface area contributed by atoms with E-state index in [0.29, 0.717) is 12.1 Å². The highest BCUT2D eigenvalue weighted by Crippen LogP contribution is 2.21. The van der Waals surface area contributed by atoms with Crippen LogP contribution in [0.25, 0.3) is 0 Å². The predicted molar refractivity (Wildman–Crippen MR) is 94.7 cm³/mol. The smallest absolute Gasteiger partial charge is 0.254 e. The number of halogens is 1. The zero-order valence-corrected chi connectivity index (χ0v) is 14.3. The minimum absolute atomic E-state index is 0.0672. The Kier molecular flexibility index (Phi) is 4.93. The van der Waals surface area contributed by atoms with Gasteiger partial charge in [0.2, 0.25) is 0 Å². The summed E-state index contributed by atoms with van der Waals surface area (Å²) in [4.78, 5) is 14.4. The van der Waals surface area contributed by atoms with E-state index in [2.05, 4.69) is 5.10 Å². The van der Waals surface area contributed by atoms with Gasteiger partial charge in [-0.15, -0.1) is 0 Å². The number of benzene rings is 2. The lowest BCUT2D eigenvalue weighted by Crippen LogP contribution is -2.29. The summed E-state index contributed by atoms with van der Waals surface area (Å²) in [5.74, 6) is -0.347. The Morgan fingerprint density at radius 1 is 1.16 bits per heavy atom. The summed E-state index contributed by atoms with van der Waals surface area (Å²) >= 11 is 0. The Hall–Kier alpha value is -2.95. The Balaban J connectivity index is 1.70. The van der Waals surface area contributed by atoms with Crippen LogP contribution >= 0.6 is 0 Å². The molecule has 1 aromatic heterocycles.